The molecule has 3 aromatic heterocycles. The van der Waals surface area contributed by atoms with E-state index < -0.39 is 20.1 Å². The van der Waals surface area contributed by atoms with Gasteiger partial charge in [0.15, 0.2) is 0 Å². The summed E-state index contributed by atoms with van der Waals surface area (Å²) in [5.41, 5.74) is 10.0. The van der Waals surface area contributed by atoms with E-state index in [9.17, 15) is 4.39 Å². The van der Waals surface area contributed by atoms with Crippen LogP contribution >= 0.6 is 0 Å². The molecule has 0 N–H and O–H groups in total. The number of pyridine rings is 2. The minimum Gasteiger partial charge on any atom is 0 e. The summed E-state index contributed by atoms with van der Waals surface area (Å²) in [7, 11) is 0. The molecule has 0 bridgehead atoms. The van der Waals surface area contributed by atoms with Crippen LogP contribution in [0, 0.1) is 24.8 Å². The fraction of sp³-hybridized carbons (Fsp3) is 0.149. The third-order valence-electron chi connectivity index (χ3n) is 9.26. The van der Waals surface area contributed by atoms with Crippen LogP contribution in [-0.4, -0.2) is 23.2 Å². The molecule has 267 valence electrons. The van der Waals surface area contributed by atoms with Gasteiger partial charge < -0.3 is 9.40 Å². The Morgan fingerprint density at radius 2 is 1.53 bits per heavy atom. The summed E-state index contributed by atoms with van der Waals surface area (Å²) in [5.74, 6) is 7.18. The molecule has 0 unspecified atom stereocenters. The summed E-state index contributed by atoms with van der Waals surface area (Å²) in [6, 6.07) is 44.4. The number of aromatic nitrogens is 2. The number of halogens is 1. The summed E-state index contributed by atoms with van der Waals surface area (Å²) in [6.45, 7) is 2.15. The van der Waals surface area contributed by atoms with Gasteiger partial charge in [0.25, 0.3) is 0 Å². The van der Waals surface area contributed by atoms with Crippen LogP contribution in [0.4, 0.5) is 4.39 Å². The fourth-order valence-corrected chi connectivity index (χ4v) is 8.36. The maximum Gasteiger partial charge on any atom is 0 e. The minimum absolute atomic E-state index is 0. The van der Waals surface area contributed by atoms with Gasteiger partial charge in [-0.15, -0.1) is 18.2 Å². The van der Waals surface area contributed by atoms with Gasteiger partial charge in [-0.05, 0) is 47.0 Å². The smallest absolute Gasteiger partial charge is 0 e. The second-order valence-electron chi connectivity index (χ2n) is 14.3. The zero-order chi connectivity index (χ0) is 38.9. The molecule has 0 aliphatic heterocycles. The van der Waals surface area contributed by atoms with E-state index in [1.54, 1.807) is 18.2 Å². The van der Waals surface area contributed by atoms with E-state index in [2.05, 4.69) is 71.4 Å². The number of rotatable bonds is 6. The normalized spacial score (nSPS) is 12.4. The second kappa shape index (κ2) is 16.1. The van der Waals surface area contributed by atoms with Gasteiger partial charge in [-0.1, -0.05) is 60.7 Å². The zero-order valence-corrected chi connectivity index (χ0v) is 34.8. The van der Waals surface area contributed by atoms with Gasteiger partial charge in [0.2, 0.25) is 0 Å². The van der Waals surface area contributed by atoms with Crippen molar-refractivity contribution in [2.24, 2.45) is 0 Å². The number of furan rings is 1. The summed E-state index contributed by atoms with van der Waals surface area (Å²) in [4.78, 5) is 9.18. The Morgan fingerprint density at radius 3 is 2.23 bits per heavy atom. The molecule has 8 rings (SSSR count). The van der Waals surface area contributed by atoms with E-state index in [1.165, 1.54) is 22.1 Å². The van der Waals surface area contributed by atoms with Crippen molar-refractivity contribution in [3.8, 4) is 44.8 Å². The quantitative estimate of drug-likeness (QED) is 0.123. The van der Waals surface area contributed by atoms with Crippen LogP contribution in [0.1, 0.15) is 35.0 Å². The van der Waals surface area contributed by atoms with Gasteiger partial charge in [-0.25, -0.2) is 4.39 Å². The average Bonchev–Trinajstić information content (AvgIpc) is 3.56. The van der Waals surface area contributed by atoms with Gasteiger partial charge in [-0.3, -0.25) is 0 Å². The molecular formula is C47H41FGeIrN2O-2. The summed E-state index contributed by atoms with van der Waals surface area (Å²) < 4.78 is 44.4. The molecule has 8 aromatic rings. The maximum absolute atomic E-state index is 13.3. The van der Waals surface area contributed by atoms with Crippen molar-refractivity contribution in [1.29, 1.82) is 0 Å². The van der Waals surface area contributed by atoms with Crippen molar-refractivity contribution in [3.63, 3.8) is 0 Å². The minimum atomic E-state index is -2.18. The van der Waals surface area contributed by atoms with Gasteiger partial charge >= 0.3 is 146 Å². The predicted octanol–water partition coefficient (Wildman–Crippen LogP) is 12.4. The Kier molecular flexibility index (Phi) is 10.4. The van der Waals surface area contributed by atoms with E-state index in [0.29, 0.717) is 17.0 Å². The molecule has 0 saturated heterocycles. The van der Waals surface area contributed by atoms with Crippen LogP contribution < -0.4 is 4.40 Å². The molecule has 3 nitrogen and oxygen atoms in total. The largest absolute Gasteiger partial charge is 0 e. The molecule has 0 aliphatic rings. The Balaban J connectivity index is 0.000000188. The molecule has 6 heteroatoms. The predicted molar refractivity (Wildman–Crippen MR) is 217 cm³/mol. The molecule has 5 aromatic carbocycles. The number of nitrogens with zero attached hydrogens (tertiary/aromatic N) is 2. The molecule has 0 saturated carbocycles. The van der Waals surface area contributed by atoms with Crippen molar-refractivity contribution in [2.75, 3.05) is 0 Å². The van der Waals surface area contributed by atoms with Crippen molar-refractivity contribution in [3.05, 3.63) is 163 Å². The first-order valence-electron chi connectivity index (χ1n) is 18.9. The maximum atomic E-state index is 13.3. The Morgan fingerprint density at radius 1 is 0.755 bits per heavy atom. The van der Waals surface area contributed by atoms with Crippen LogP contribution in [0.5, 0.6) is 0 Å². The molecule has 1 radical (unpaired) electrons. The first kappa shape index (κ1) is 34.1. The van der Waals surface area contributed by atoms with E-state index in [-0.39, 0.29) is 25.9 Å². The van der Waals surface area contributed by atoms with Gasteiger partial charge in [0, 0.05) is 31.7 Å². The summed E-state index contributed by atoms with van der Waals surface area (Å²) in [6.07, 6.45) is 3.80. The SMILES string of the molecule is CC(C)c1ccnc(-c2[c-]ccc3c2oc2cc(-c4ccc(F)cc4)ccc23)c1.[2H]C([2H])([2H])c1c[c-]c(-c2cc[c]([Ge]([CH3])([CH3])[CH3])cn2)cc1-c1ccccc1.[Ir]. The van der Waals surface area contributed by atoms with Crippen LogP contribution in [-0.2, 0) is 20.1 Å². The molecule has 0 spiro atoms. The fourth-order valence-electron chi connectivity index (χ4n) is 6.19. The van der Waals surface area contributed by atoms with E-state index >= 15 is 0 Å². The first-order chi connectivity index (χ1) is 26.3. The summed E-state index contributed by atoms with van der Waals surface area (Å²) >= 11 is -1.91. The van der Waals surface area contributed by atoms with Gasteiger partial charge in [0.05, 0.1) is 5.58 Å². The van der Waals surface area contributed by atoms with E-state index in [4.69, 9.17) is 8.53 Å². The van der Waals surface area contributed by atoms with Crippen LogP contribution in [0.15, 0.2) is 138 Å². The molecule has 0 atom stereocenters. The van der Waals surface area contributed by atoms with Crippen molar-refractivity contribution >= 4 is 39.6 Å². The molecular weight excluding hydrogens is 892 g/mol. The van der Waals surface area contributed by atoms with E-state index in [1.807, 2.05) is 85.2 Å². The Hall–Kier alpha value is -4.68. The molecule has 0 amide bonds. The zero-order valence-electron chi connectivity index (χ0n) is 33.3. The molecule has 53 heavy (non-hydrogen) atoms. The van der Waals surface area contributed by atoms with Crippen LogP contribution in [0.25, 0.3) is 66.7 Å². The van der Waals surface area contributed by atoms with Crippen molar-refractivity contribution in [1.82, 2.24) is 9.97 Å². The van der Waals surface area contributed by atoms with E-state index in [0.717, 1.165) is 61.1 Å². The topological polar surface area (TPSA) is 38.9 Å². The van der Waals surface area contributed by atoms with Gasteiger partial charge in [-0.2, -0.15) is 0 Å². The third kappa shape index (κ3) is 8.44. The van der Waals surface area contributed by atoms with Gasteiger partial charge in [0.1, 0.15) is 11.4 Å². The van der Waals surface area contributed by atoms with Crippen molar-refractivity contribution in [2.45, 2.75) is 43.9 Å². The van der Waals surface area contributed by atoms with Crippen LogP contribution in [0.3, 0.4) is 0 Å². The monoisotopic (exact) mass is 938 g/mol. The summed E-state index contributed by atoms with van der Waals surface area (Å²) in [5, 5.41) is 2.08. The van der Waals surface area contributed by atoms with Crippen molar-refractivity contribution < 1.29 is 33.0 Å². The first-order valence-corrected chi connectivity index (χ1v) is 24.8. The number of benzene rings is 5. The second-order valence-corrected chi connectivity index (χ2v) is 24.9. The third-order valence-corrected chi connectivity index (χ3v) is 13.5. The number of aryl methyl sites for hydroxylation is 1. The van der Waals surface area contributed by atoms with Crippen LogP contribution in [0.2, 0.25) is 17.3 Å². The number of hydrogen-bond acceptors (Lipinski definition) is 3. The number of fused-ring (bicyclic) bond motifs is 3. The Labute approximate surface area is 332 Å². The standard InChI is InChI=1S/C26H19FNO.C21H22GeN.Ir/c1-16(2)18-12-13-28-24(14-18)23-5-3-4-22-21-11-8-19(15-25(21)29-26(22)23)17-6-9-20(27)10-7-17;1-16-10-11-18(14-20(16)17-8-6-5-7-9-17)21-13-12-19(15-23-21)22(2,3)4;/h3-4,6-16H,1-2H3;5-10,12-15H,1-4H3;/q2*-1;/i;1D3;. The molecule has 0 aliphatic carbocycles. The number of hydrogen-bond donors (Lipinski definition) is 0. The molecule has 3 heterocycles. The molecule has 0 fully saturated rings. The Bertz CT molecular complexity index is 2600. The average molecular weight is 937 g/mol.